The minimum Gasteiger partial charge on any atom is -0.329 e. The van der Waals surface area contributed by atoms with E-state index in [9.17, 15) is 4.79 Å². The Balaban J connectivity index is 2.66. The molecule has 1 rings (SSSR count). The maximum absolute atomic E-state index is 10.5. The number of nitriles is 1. The minimum atomic E-state index is -0.246. The molecule has 1 fully saturated rings. The number of likely N-dealkylation sites (tertiary alicyclic amines) is 1. The Morgan fingerprint density at radius 2 is 2.50 bits per heavy atom. The Morgan fingerprint density at radius 1 is 1.83 bits per heavy atom. The van der Waals surface area contributed by atoms with Gasteiger partial charge in [-0.05, 0) is 19.3 Å². The Hall–Kier alpha value is -1.30. The lowest BCUT2D eigenvalue weighted by Crippen LogP contribution is -2.26. The number of hydrogen-bond acceptors (Lipinski definition) is 2. The average molecular weight is 164 g/mol. The van der Waals surface area contributed by atoms with Crippen LogP contribution in [0.1, 0.15) is 13.3 Å². The summed E-state index contributed by atoms with van der Waals surface area (Å²) in [5, 5.41) is 8.69. The van der Waals surface area contributed by atoms with Crippen LogP contribution in [0.4, 0.5) is 0 Å². The van der Waals surface area contributed by atoms with Gasteiger partial charge in [0.15, 0.2) is 0 Å². The van der Waals surface area contributed by atoms with Crippen LogP contribution in [-0.4, -0.2) is 23.9 Å². The molecule has 0 N–H and O–H groups in total. The Bertz CT molecular complexity index is 241. The molecule has 1 amide bonds. The highest BCUT2D eigenvalue weighted by Crippen LogP contribution is 2.26. The zero-order valence-electron chi connectivity index (χ0n) is 7.16. The highest BCUT2D eigenvalue weighted by Gasteiger charge is 2.30. The van der Waals surface area contributed by atoms with E-state index in [1.807, 2.05) is 6.92 Å². The normalized spacial score (nSPS) is 28.2. The van der Waals surface area contributed by atoms with Crippen molar-refractivity contribution in [3.8, 4) is 6.07 Å². The maximum atomic E-state index is 10.5. The Morgan fingerprint density at radius 3 is 2.83 bits per heavy atom. The molecule has 12 heavy (non-hydrogen) atoms. The van der Waals surface area contributed by atoms with Gasteiger partial charge in [-0.1, -0.05) is 12.2 Å². The summed E-state index contributed by atoms with van der Waals surface area (Å²) in [4.78, 5) is 12.0. The molecular weight excluding hydrogens is 152 g/mol. The molecule has 1 heterocycles. The third-order valence-electron chi connectivity index (χ3n) is 2.32. The monoisotopic (exact) mass is 164 g/mol. The van der Waals surface area contributed by atoms with Crippen molar-refractivity contribution in [3.63, 3.8) is 0 Å². The zero-order valence-corrected chi connectivity index (χ0v) is 7.16. The van der Waals surface area contributed by atoms with Gasteiger partial charge in [-0.25, -0.2) is 0 Å². The standard InChI is InChI=1S/C9H12N2O/c1-7(2)8-3-9(4-10)11(5-8)6-12/h6,8-9H,1,3,5H2,2H3. The summed E-state index contributed by atoms with van der Waals surface area (Å²) in [6.45, 7) is 6.41. The van der Waals surface area contributed by atoms with Crippen molar-refractivity contribution in [2.45, 2.75) is 19.4 Å². The first-order valence-corrected chi connectivity index (χ1v) is 3.95. The van der Waals surface area contributed by atoms with Gasteiger partial charge in [0.25, 0.3) is 0 Å². The van der Waals surface area contributed by atoms with Gasteiger partial charge in [-0.15, -0.1) is 0 Å². The molecule has 0 aliphatic carbocycles. The van der Waals surface area contributed by atoms with E-state index in [2.05, 4.69) is 12.6 Å². The summed E-state index contributed by atoms with van der Waals surface area (Å²) in [6.07, 6.45) is 1.49. The van der Waals surface area contributed by atoms with Gasteiger partial charge in [0.1, 0.15) is 6.04 Å². The zero-order chi connectivity index (χ0) is 9.14. The van der Waals surface area contributed by atoms with E-state index in [4.69, 9.17) is 5.26 Å². The summed E-state index contributed by atoms with van der Waals surface area (Å²) in [5.74, 6) is 0.305. The van der Waals surface area contributed by atoms with Gasteiger partial charge in [0, 0.05) is 6.54 Å². The molecule has 2 atom stereocenters. The molecule has 0 aromatic rings. The molecule has 0 spiro atoms. The molecule has 3 heteroatoms. The number of hydrogen-bond donors (Lipinski definition) is 0. The lowest BCUT2D eigenvalue weighted by molar-refractivity contribution is -0.118. The fourth-order valence-corrected chi connectivity index (χ4v) is 1.46. The lowest BCUT2D eigenvalue weighted by atomic mass is 9.99. The summed E-state index contributed by atoms with van der Waals surface area (Å²) < 4.78 is 0. The molecule has 0 saturated carbocycles. The molecular formula is C9H12N2O. The Kier molecular flexibility index (Phi) is 2.49. The van der Waals surface area contributed by atoms with Crippen molar-refractivity contribution in [1.82, 2.24) is 4.90 Å². The predicted octanol–water partition coefficient (Wildman–Crippen LogP) is 0.933. The number of amides is 1. The summed E-state index contributed by atoms with van der Waals surface area (Å²) in [7, 11) is 0. The van der Waals surface area contributed by atoms with Crippen molar-refractivity contribution in [3.05, 3.63) is 12.2 Å². The smallest absolute Gasteiger partial charge is 0.210 e. The van der Waals surface area contributed by atoms with Crippen molar-refractivity contribution < 1.29 is 4.79 Å². The average Bonchev–Trinajstić information content (AvgIpc) is 2.46. The lowest BCUT2D eigenvalue weighted by Gasteiger charge is -2.11. The second-order valence-corrected chi connectivity index (χ2v) is 3.23. The van der Waals surface area contributed by atoms with E-state index < -0.39 is 0 Å². The molecule has 0 bridgehead atoms. The molecule has 3 nitrogen and oxygen atoms in total. The third kappa shape index (κ3) is 1.48. The molecule has 0 aromatic heterocycles. The van der Waals surface area contributed by atoms with Crippen molar-refractivity contribution >= 4 is 6.41 Å². The van der Waals surface area contributed by atoms with Crippen molar-refractivity contribution in [1.29, 1.82) is 5.26 Å². The largest absolute Gasteiger partial charge is 0.329 e. The van der Waals surface area contributed by atoms with Crippen LogP contribution in [0.2, 0.25) is 0 Å². The SMILES string of the molecule is C=C(C)C1CC(C#N)N(C=O)C1. The highest BCUT2D eigenvalue weighted by molar-refractivity contribution is 5.50. The van der Waals surface area contributed by atoms with Crippen LogP contribution in [0.5, 0.6) is 0 Å². The second-order valence-electron chi connectivity index (χ2n) is 3.23. The first-order valence-electron chi connectivity index (χ1n) is 3.95. The van der Waals surface area contributed by atoms with Gasteiger partial charge in [0.05, 0.1) is 6.07 Å². The molecule has 0 radical (unpaired) electrons. The molecule has 2 unspecified atom stereocenters. The third-order valence-corrected chi connectivity index (χ3v) is 2.32. The van der Waals surface area contributed by atoms with Gasteiger partial charge in [0.2, 0.25) is 6.41 Å². The van der Waals surface area contributed by atoms with Crippen LogP contribution in [0.3, 0.4) is 0 Å². The minimum absolute atomic E-state index is 0.246. The van der Waals surface area contributed by atoms with Crippen LogP contribution in [0, 0.1) is 17.2 Å². The van der Waals surface area contributed by atoms with Crippen LogP contribution < -0.4 is 0 Å². The van der Waals surface area contributed by atoms with Crippen LogP contribution in [0.15, 0.2) is 12.2 Å². The van der Waals surface area contributed by atoms with E-state index >= 15 is 0 Å². The fraction of sp³-hybridized carbons (Fsp3) is 0.556. The number of rotatable bonds is 2. The van der Waals surface area contributed by atoms with E-state index in [1.165, 1.54) is 0 Å². The van der Waals surface area contributed by atoms with E-state index in [-0.39, 0.29) is 6.04 Å². The molecule has 64 valence electrons. The van der Waals surface area contributed by atoms with Crippen LogP contribution in [0.25, 0.3) is 0 Å². The van der Waals surface area contributed by atoms with E-state index in [0.717, 1.165) is 18.4 Å². The van der Waals surface area contributed by atoms with E-state index in [1.54, 1.807) is 4.90 Å². The molecule has 1 aliphatic heterocycles. The van der Waals surface area contributed by atoms with E-state index in [0.29, 0.717) is 12.5 Å². The number of carbonyl (C=O) groups is 1. The molecule has 1 aliphatic rings. The molecule has 0 aromatic carbocycles. The summed E-state index contributed by atoms with van der Waals surface area (Å²) >= 11 is 0. The van der Waals surface area contributed by atoms with Gasteiger partial charge in [-0.2, -0.15) is 5.26 Å². The predicted molar refractivity (Wildman–Crippen MR) is 45.1 cm³/mol. The topological polar surface area (TPSA) is 44.1 Å². The van der Waals surface area contributed by atoms with Gasteiger partial charge >= 0.3 is 0 Å². The Labute approximate surface area is 72.3 Å². The van der Waals surface area contributed by atoms with Crippen LogP contribution in [-0.2, 0) is 4.79 Å². The van der Waals surface area contributed by atoms with Gasteiger partial charge < -0.3 is 4.90 Å². The first kappa shape index (κ1) is 8.79. The molecule has 1 saturated heterocycles. The number of carbonyl (C=O) groups excluding carboxylic acids is 1. The summed E-state index contributed by atoms with van der Waals surface area (Å²) in [6, 6.07) is 1.86. The second kappa shape index (κ2) is 3.40. The quantitative estimate of drug-likeness (QED) is 0.450. The van der Waals surface area contributed by atoms with Crippen LogP contribution >= 0.6 is 0 Å². The highest BCUT2D eigenvalue weighted by atomic mass is 16.1. The number of nitrogens with zero attached hydrogens (tertiary/aromatic N) is 2. The van der Waals surface area contributed by atoms with Crippen molar-refractivity contribution in [2.24, 2.45) is 5.92 Å². The first-order chi connectivity index (χ1) is 5.69. The fourth-order valence-electron chi connectivity index (χ4n) is 1.46. The maximum Gasteiger partial charge on any atom is 0.210 e. The van der Waals surface area contributed by atoms with Crippen molar-refractivity contribution in [2.75, 3.05) is 6.54 Å². The van der Waals surface area contributed by atoms with Gasteiger partial charge in [-0.3, -0.25) is 4.79 Å². The summed E-state index contributed by atoms with van der Waals surface area (Å²) in [5.41, 5.74) is 1.06.